The summed E-state index contributed by atoms with van der Waals surface area (Å²) in [6.07, 6.45) is 7.03. The van der Waals surface area contributed by atoms with Gasteiger partial charge in [0.15, 0.2) is 0 Å². The van der Waals surface area contributed by atoms with Crippen LogP contribution in [0.5, 0.6) is 0 Å². The molecule has 0 saturated heterocycles. The Morgan fingerprint density at radius 2 is 2.12 bits per heavy atom. The van der Waals surface area contributed by atoms with Gasteiger partial charge < -0.3 is 11.1 Å². The monoisotopic (exact) mass is 292 g/mol. The summed E-state index contributed by atoms with van der Waals surface area (Å²) >= 11 is 3.41. The molecule has 3 N–H and O–H groups in total. The smallest absolute Gasteiger partial charge is 0.0625 e. The largest absolute Gasteiger partial charge is 0.398 e. The van der Waals surface area contributed by atoms with Gasteiger partial charge in [0, 0.05) is 40.5 Å². The molecule has 88 valence electrons. The van der Waals surface area contributed by atoms with Crippen LogP contribution in [0.15, 0.2) is 41.4 Å². The maximum Gasteiger partial charge on any atom is 0.0625 e. The second-order valence-corrected chi connectivity index (χ2v) is 4.58. The highest BCUT2D eigenvalue weighted by Gasteiger charge is 2.15. The van der Waals surface area contributed by atoms with Crippen molar-refractivity contribution in [3.63, 3.8) is 0 Å². The van der Waals surface area contributed by atoms with E-state index in [4.69, 9.17) is 5.73 Å². The minimum absolute atomic E-state index is 0.00583. The summed E-state index contributed by atoms with van der Waals surface area (Å²) in [6, 6.07) is 3.81. The van der Waals surface area contributed by atoms with Crippen molar-refractivity contribution in [1.82, 2.24) is 15.3 Å². The number of hydrogen-bond donors (Lipinski definition) is 2. The molecular formula is C12H13BrN4. The van der Waals surface area contributed by atoms with Crippen molar-refractivity contribution in [3.05, 3.63) is 52.5 Å². The second kappa shape index (κ2) is 5.25. The van der Waals surface area contributed by atoms with E-state index in [1.165, 1.54) is 0 Å². The molecule has 0 aliphatic heterocycles. The van der Waals surface area contributed by atoms with E-state index in [1.54, 1.807) is 24.7 Å². The van der Waals surface area contributed by atoms with Crippen LogP contribution in [0.1, 0.15) is 17.2 Å². The molecule has 0 spiro atoms. The average Bonchev–Trinajstić information content (AvgIpc) is 2.33. The number of pyridine rings is 2. The highest BCUT2D eigenvalue weighted by Crippen LogP contribution is 2.26. The van der Waals surface area contributed by atoms with Gasteiger partial charge in [-0.25, -0.2) is 0 Å². The van der Waals surface area contributed by atoms with E-state index in [-0.39, 0.29) is 6.04 Å². The number of nitrogens with one attached hydrogen (secondary N) is 1. The third kappa shape index (κ3) is 2.62. The van der Waals surface area contributed by atoms with Crippen molar-refractivity contribution in [2.45, 2.75) is 6.04 Å². The summed E-state index contributed by atoms with van der Waals surface area (Å²) in [5.41, 5.74) is 8.68. The van der Waals surface area contributed by atoms with Crippen LogP contribution in [0.4, 0.5) is 5.69 Å². The molecule has 0 aromatic carbocycles. The molecule has 0 fully saturated rings. The predicted molar refractivity (Wildman–Crippen MR) is 71.5 cm³/mol. The lowest BCUT2D eigenvalue weighted by Gasteiger charge is -2.18. The zero-order valence-electron chi connectivity index (χ0n) is 9.39. The molecule has 1 unspecified atom stereocenters. The van der Waals surface area contributed by atoms with Crippen molar-refractivity contribution in [1.29, 1.82) is 0 Å². The molecule has 5 heteroatoms. The summed E-state index contributed by atoms with van der Waals surface area (Å²) < 4.78 is 0.942. The Bertz CT molecular complexity index is 515. The van der Waals surface area contributed by atoms with Gasteiger partial charge in [-0.2, -0.15) is 0 Å². The van der Waals surface area contributed by atoms with Crippen molar-refractivity contribution >= 4 is 21.6 Å². The first-order chi connectivity index (χ1) is 8.22. The van der Waals surface area contributed by atoms with E-state index in [2.05, 4.69) is 31.2 Å². The number of nitrogens with zero attached hydrogens (tertiary/aromatic N) is 2. The molecule has 2 heterocycles. The molecule has 0 aliphatic rings. The van der Waals surface area contributed by atoms with Crippen molar-refractivity contribution in [2.75, 3.05) is 12.8 Å². The third-order valence-electron chi connectivity index (χ3n) is 2.55. The van der Waals surface area contributed by atoms with Gasteiger partial charge in [-0.3, -0.25) is 9.97 Å². The Morgan fingerprint density at radius 3 is 2.76 bits per heavy atom. The minimum Gasteiger partial charge on any atom is -0.398 e. The maximum atomic E-state index is 5.96. The van der Waals surface area contributed by atoms with Gasteiger partial charge in [-0.1, -0.05) is 0 Å². The SMILES string of the molecule is CNC(c1cncc(Br)c1)c1cnccc1N. The summed E-state index contributed by atoms with van der Waals surface area (Å²) in [7, 11) is 1.89. The zero-order chi connectivity index (χ0) is 12.3. The molecule has 2 aromatic heterocycles. The quantitative estimate of drug-likeness (QED) is 0.910. The number of rotatable bonds is 3. The summed E-state index contributed by atoms with van der Waals surface area (Å²) in [6.45, 7) is 0. The highest BCUT2D eigenvalue weighted by molar-refractivity contribution is 9.10. The Balaban J connectivity index is 2.44. The highest BCUT2D eigenvalue weighted by atomic mass is 79.9. The topological polar surface area (TPSA) is 63.8 Å². The molecular weight excluding hydrogens is 280 g/mol. The van der Waals surface area contributed by atoms with Crippen LogP contribution >= 0.6 is 15.9 Å². The summed E-state index contributed by atoms with van der Waals surface area (Å²) in [4.78, 5) is 8.27. The second-order valence-electron chi connectivity index (χ2n) is 3.66. The average molecular weight is 293 g/mol. The first-order valence-electron chi connectivity index (χ1n) is 5.19. The third-order valence-corrected chi connectivity index (χ3v) is 2.98. The normalized spacial score (nSPS) is 12.4. The lowest BCUT2D eigenvalue weighted by molar-refractivity contribution is 0.687. The Kier molecular flexibility index (Phi) is 3.71. The fourth-order valence-corrected chi connectivity index (χ4v) is 2.13. The van der Waals surface area contributed by atoms with Crippen molar-refractivity contribution in [3.8, 4) is 0 Å². The van der Waals surface area contributed by atoms with Gasteiger partial charge in [0.05, 0.1) is 6.04 Å². The minimum atomic E-state index is -0.00583. The van der Waals surface area contributed by atoms with Gasteiger partial charge in [0.25, 0.3) is 0 Å². The van der Waals surface area contributed by atoms with Crippen LogP contribution in [0, 0.1) is 0 Å². The standard InChI is InChI=1S/C12H13BrN4/c1-15-12(8-4-9(13)6-17-5-8)10-7-16-3-2-11(10)14/h2-7,12,15H,1H3,(H2,14,16). The van der Waals surface area contributed by atoms with Gasteiger partial charge in [-0.15, -0.1) is 0 Å². The van der Waals surface area contributed by atoms with Crippen molar-refractivity contribution in [2.24, 2.45) is 0 Å². The van der Waals surface area contributed by atoms with E-state index in [1.807, 2.05) is 19.3 Å². The summed E-state index contributed by atoms with van der Waals surface area (Å²) in [5.74, 6) is 0. The fraction of sp³-hybridized carbons (Fsp3) is 0.167. The van der Waals surface area contributed by atoms with Crippen LogP contribution in [0.3, 0.4) is 0 Å². The molecule has 0 saturated carbocycles. The number of halogens is 1. The molecule has 0 aliphatic carbocycles. The Labute approximate surface area is 108 Å². The first kappa shape index (κ1) is 12.0. The molecule has 2 rings (SSSR count). The first-order valence-corrected chi connectivity index (χ1v) is 5.98. The maximum absolute atomic E-state index is 5.96. The van der Waals surface area contributed by atoms with Gasteiger partial charge in [-0.05, 0) is 40.7 Å². The van der Waals surface area contributed by atoms with E-state index in [0.717, 1.165) is 21.3 Å². The Hall–Kier alpha value is -1.46. The Morgan fingerprint density at radius 1 is 1.29 bits per heavy atom. The van der Waals surface area contributed by atoms with Crippen LogP contribution in [-0.4, -0.2) is 17.0 Å². The zero-order valence-corrected chi connectivity index (χ0v) is 11.0. The molecule has 0 radical (unpaired) electrons. The number of aromatic nitrogens is 2. The van der Waals surface area contributed by atoms with E-state index < -0.39 is 0 Å². The van der Waals surface area contributed by atoms with Gasteiger partial charge in [0.1, 0.15) is 0 Å². The van der Waals surface area contributed by atoms with E-state index in [9.17, 15) is 0 Å². The van der Waals surface area contributed by atoms with Gasteiger partial charge in [0.2, 0.25) is 0 Å². The van der Waals surface area contributed by atoms with Crippen LogP contribution < -0.4 is 11.1 Å². The number of nitrogen functional groups attached to an aromatic ring is 1. The lowest BCUT2D eigenvalue weighted by Crippen LogP contribution is -2.19. The van der Waals surface area contributed by atoms with E-state index in [0.29, 0.717) is 0 Å². The molecule has 1 atom stereocenters. The molecule has 17 heavy (non-hydrogen) atoms. The lowest BCUT2D eigenvalue weighted by atomic mass is 10.0. The number of anilines is 1. The molecule has 0 amide bonds. The van der Waals surface area contributed by atoms with Crippen molar-refractivity contribution < 1.29 is 0 Å². The number of hydrogen-bond acceptors (Lipinski definition) is 4. The van der Waals surface area contributed by atoms with Crippen LogP contribution in [0.25, 0.3) is 0 Å². The van der Waals surface area contributed by atoms with Crippen LogP contribution in [-0.2, 0) is 0 Å². The fourth-order valence-electron chi connectivity index (χ4n) is 1.75. The summed E-state index contributed by atoms with van der Waals surface area (Å²) in [5, 5.41) is 3.22. The van der Waals surface area contributed by atoms with E-state index >= 15 is 0 Å². The van der Waals surface area contributed by atoms with Crippen LogP contribution in [0.2, 0.25) is 0 Å². The number of nitrogens with two attached hydrogens (primary N) is 1. The molecule has 2 aromatic rings. The predicted octanol–water partition coefficient (Wildman–Crippen LogP) is 2.13. The van der Waals surface area contributed by atoms with Gasteiger partial charge >= 0.3 is 0 Å². The molecule has 0 bridgehead atoms. The molecule has 4 nitrogen and oxygen atoms in total.